The van der Waals surface area contributed by atoms with Crippen LogP contribution in [-0.2, 0) is 34.1 Å². The molecule has 0 atom stereocenters. The van der Waals surface area contributed by atoms with Crippen LogP contribution in [0.25, 0.3) is 0 Å². The lowest BCUT2D eigenvalue weighted by molar-refractivity contribution is -0.115. The number of rotatable bonds is 7. The summed E-state index contributed by atoms with van der Waals surface area (Å²) in [7, 11) is -3.57. The van der Waals surface area contributed by atoms with E-state index in [2.05, 4.69) is 17.4 Å². The van der Waals surface area contributed by atoms with Gasteiger partial charge in [0.1, 0.15) is 0 Å². The van der Waals surface area contributed by atoms with E-state index in [0.717, 1.165) is 18.4 Å². The fourth-order valence-corrected chi connectivity index (χ4v) is 5.49. The predicted molar refractivity (Wildman–Crippen MR) is 112 cm³/mol. The van der Waals surface area contributed by atoms with Crippen LogP contribution in [0.2, 0.25) is 0 Å². The number of hydrogen-bond donors (Lipinski definition) is 1. The van der Waals surface area contributed by atoms with E-state index in [1.54, 1.807) is 25.1 Å². The van der Waals surface area contributed by atoms with Gasteiger partial charge in [-0.1, -0.05) is 38.1 Å². The lowest BCUT2D eigenvalue weighted by Crippen LogP contribution is -2.31. The van der Waals surface area contributed by atoms with E-state index in [4.69, 9.17) is 0 Å². The van der Waals surface area contributed by atoms with E-state index in [1.165, 1.54) is 21.9 Å². The van der Waals surface area contributed by atoms with E-state index in [1.807, 2.05) is 19.9 Å². The van der Waals surface area contributed by atoms with Gasteiger partial charge in [0.25, 0.3) is 0 Å². The zero-order chi connectivity index (χ0) is 20.3. The van der Waals surface area contributed by atoms with Crippen molar-refractivity contribution in [3.8, 4) is 0 Å². The molecule has 0 heterocycles. The van der Waals surface area contributed by atoms with Gasteiger partial charge >= 0.3 is 0 Å². The van der Waals surface area contributed by atoms with Gasteiger partial charge in [-0.05, 0) is 60.6 Å². The van der Waals surface area contributed by atoms with Crippen LogP contribution in [0.4, 0.5) is 5.69 Å². The number of carbonyl (C=O) groups excluding carboxylic acids is 1. The minimum Gasteiger partial charge on any atom is -0.326 e. The fourth-order valence-electron chi connectivity index (χ4n) is 3.78. The molecule has 6 heteroatoms. The van der Waals surface area contributed by atoms with E-state index in [-0.39, 0.29) is 17.2 Å². The molecule has 0 radical (unpaired) electrons. The summed E-state index contributed by atoms with van der Waals surface area (Å²) in [6.45, 7) is 6.23. The monoisotopic (exact) mass is 400 g/mol. The molecule has 0 unspecified atom stereocenters. The first-order valence-electron chi connectivity index (χ1n) is 9.86. The van der Waals surface area contributed by atoms with Gasteiger partial charge in [0.15, 0.2) is 0 Å². The molecule has 3 rings (SSSR count). The van der Waals surface area contributed by atoms with Crippen LogP contribution in [0.5, 0.6) is 0 Å². The number of carbonyl (C=O) groups is 1. The molecule has 150 valence electrons. The van der Waals surface area contributed by atoms with E-state index >= 15 is 0 Å². The van der Waals surface area contributed by atoms with Gasteiger partial charge < -0.3 is 5.32 Å². The van der Waals surface area contributed by atoms with E-state index in [9.17, 15) is 13.2 Å². The quantitative estimate of drug-likeness (QED) is 0.771. The van der Waals surface area contributed by atoms with E-state index < -0.39 is 10.0 Å². The maximum atomic E-state index is 12.9. The van der Waals surface area contributed by atoms with Crippen molar-refractivity contribution >= 4 is 21.6 Å². The highest BCUT2D eigenvalue weighted by Gasteiger charge is 2.24. The maximum Gasteiger partial charge on any atom is 0.243 e. The van der Waals surface area contributed by atoms with Crippen LogP contribution < -0.4 is 5.32 Å². The molecule has 2 aromatic rings. The Hall–Kier alpha value is -2.18. The lowest BCUT2D eigenvalue weighted by atomic mass is 10.0. The zero-order valence-corrected chi connectivity index (χ0v) is 17.6. The average molecular weight is 401 g/mol. The molecular weight excluding hydrogens is 372 g/mol. The number of anilines is 1. The number of aryl methyl sites for hydroxylation is 3. The fraction of sp³-hybridized carbons (Fsp3) is 0.409. The number of nitrogens with zero attached hydrogens (tertiary/aromatic N) is 1. The lowest BCUT2D eigenvalue weighted by Gasteiger charge is -2.20. The summed E-state index contributed by atoms with van der Waals surface area (Å²) < 4.78 is 27.2. The molecule has 1 aliphatic carbocycles. The Balaban J connectivity index is 1.76. The molecular formula is C22H28N2O3S. The first kappa shape index (κ1) is 20.6. The van der Waals surface area contributed by atoms with Crippen molar-refractivity contribution in [3.63, 3.8) is 0 Å². The van der Waals surface area contributed by atoms with Crippen LogP contribution in [0.3, 0.4) is 0 Å². The number of fused-ring (bicyclic) bond motifs is 1. The minimum absolute atomic E-state index is 0.145. The summed E-state index contributed by atoms with van der Waals surface area (Å²) in [5.41, 5.74) is 4.88. The Labute approximate surface area is 167 Å². The Morgan fingerprint density at radius 2 is 1.75 bits per heavy atom. The van der Waals surface area contributed by atoms with Gasteiger partial charge in [0.05, 0.1) is 11.3 Å². The number of hydrogen-bond acceptors (Lipinski definition) is 3. The molecule has 1 amide bonds. The zero-order valence-electron chi connectivity index (χ0n) is 16.8. The summed E-state index contributed by atoms with van der Waals surface area (Å²) in [6, 6.07) is 11.3. The topological polar surface area (TPSA) is 66.5 Å². The normalized spacial score (nSPS) is 13.6. The van der Waals surface area contributed by atoms with Gasteiger partial charge in [-0.3, -0.25) is 4.79 Å². The first-order chi connectivity index (χ1) is 13.3. The van der Waals surface area contributed by atoms with Crippen LogP contribution in [0.15, 0.2) is 41.3 Å². The van der Waals surface area contributed by atoms with Crippen molar-refractivity contribution in [2.45, 2.75) is 51.3 Å². The molecule has 0 aromatic heterocycles. The van der Waals surface area contributed by atoms with Gasteiger partial charge in [-0.25, -0.2) is 8.42 Å². The van der Waals surface area contributed by atoms with Gasteiger partial charge in [-0.2, -0.15) is 4.31 Å². The third kappa shape index (κ3) is 4.28. The van der Waals surface area contributed by atoms with Crippen molar-refractivity contribution in [1.82, 2.24) is 4.31 Å². The summed E-state index contributed by atoms with van der Waals surface area (Å²) in [5.74, 6) is -0.145. The Morgan fingerprint density at radius 3 is 2.46 bits per heavy atom. The van der Waals surface area contributed by atoms with Gasteiger partial charge in [-0.15, -0.1) is 0 Å². The minimum atomic E-state index is -3.57. The molecule has 0 bridgehead atoms. The van der Waals surface area contributed by atoms with Crippen LogP contribution in [0.1, 0.15) is 42.5 Å². The third-order valence-electron chi connectivity index (χ3n) is 5.32. The molecule has 5 nitrogen and oxygen atoms in total. The molecule has 1 N–H and O–H groups in total. The van der Waals surface area contributed by atoms with Crippen LogP contribution >= 0.6 is 0 Å². The highest BCUT2D eigenvalue weighted by atomic mass is 32.2. The van der Waals surface area contributed by atoms with Gasteiger partial charge in [0.2, 0.25) is 15.9 Å². The molecule has 28 heavy (non-hydrogen) atoms. The number of amides is 1. The summed E-state index contributed by atoms with van der Waals surface area (Å²) in [5, 5.41) is 2.85. The van der Waals surface area contributed by atoms with Crippen molar-refractivity contribution in [2.24, 2.45) is 0 Å². The standard InChI is InChI=1S/C22H28N2O3S/c1-4-24(5-2)28(26,27)21-15-20(12-9-16(21)3)23-22(25)14-17-10-11-18-7-6-8-19(18)13-17/h9-13,15H,4-8,14H2,1-3H3,(H,23,25). The highest BCUT2D eigenvalue weighted by Crippen LogP contribution is 2.25. The molecule has 0 aliphatic heterocycles. The smallest absolute Gasteiger partial charge is 0.243 e. The molecule has 0 spiro atoms. The first-order valence-corrected chi connectivity index (χ1v) is 11.3. The highest BCUT2D eigenvalue weighted by molar-refractivity contribution is 7.89. The largest absolute Gasteiger partial charge is 0.326 e. The molecule has 0 saturated carbocycles. The predicted octanol–water partition coefficient (Wildman–Crippen LogP) is 3.70. The number of benzene rings is 2. The van der Waals surface area contributed by atoms with Crippen molar-refractivity contribution < 1.29 is 13.2 Å². The van der Waals surface area contributed by atoms with Crippen molar-refractivity contribution in [3.05, 3.63) is 58.7 Å². The van der Waals surface area contributed by atoms with Crippen LogP contribution in [-0.4, -0.2) is 31.7 Å². The molecule has 1 aliphatic rings. The van der Waals surface area contributed by atoms with Crippen molar-refractivity contribution in [2.75, 3.05) is 18.4 Å². The second-order valence-electron chi connectivity index (χ2n) is 7.25. The summed E-state index contributed by atoms with van der Waals surface area (Å²) in [4.78, 5) is 12.7. The van der Waals surface area contributed by atoms with Crippen LogP contribution in [0, 0.1) is 6.92 Å². The molecule has 0 saturated heterocycles. The average Bonchev–Trinajstić information content (AvgIpc) is 3.11. The van der Waals surface area contributed by atoms with Crippen molar-refractivity contribution in [1.29, 1.82) is 0 Å². The SMILES string of the molecule is CCN(CC)S(=O)(=O)c1cc(NC(=O)Cc2ccc3c(c2)CCC3)ccc1C. The van der Waals surface area contributed by atoms with E-state index in [0.29, 0.717) is 24.3 Å². The maximum absolute atomic E-state index is 12.9. The molecule has 2 aromatic carbocycles. The Bertz CT molecular complexity index is 979. The number of nitrogens with one attached hydrogen (secondary N) is 1. The Morgan fingerprint density at radius 1 is 1.04 bits per heavy atom. The Kier molecular flexibility index (Phi) is 6.20. The summed E-state index contributed by atoms with van der Waals surface area (Å²) >= 11 is 0. The third-order valence-corrected chi connectivity index (χ3v) is 7.51. The second-order valence-corrected chi connectivity index (χ2v) is 9.16. The van der Waals surface area contributed by atoms with Gasteiger partial charge in [0, 0.05) is 18.8 Å². The summed E-state index contributed by atoms with van der Waals surface area (Å²) in [6.07, 6.45) is 3.65. The molecule has 0 fully saturated rings. The second kappa shape index (κ2) is 8.45. The number of sulfonamides is 1.